The van der Waals surface area contributed by atoms with Gasteiger partial charge in [0, 0.05) is 0 Å². The van der Waals surface area contributed by atoms with Crippen LogP contribution in [0.5, 0.6) is 0 Å². The Morgan fingerprint density at radius 1 is 1.11 bits per heavy atom. The summed E-state index contributed by atoms with van der Waals surface area (Å²) in [5, 5.41) is 0. The number of halogens is 1. The number of aryl methyl sites for hydroxylation is 1. The van der Waals surface area contributed by atoms with Crippen LogP contribution in [-0.2, 0) is 16.0 Å². The molecular formula is C7H7ClMn. The van der Waals surface area contributed by atoms with Crippen molar-refractivity contribution in [3.05, 3.63) is 29.8 Å². The van der Waals surface area contributed by atoms with E-state index < -0.39 is 0 Å². The molecule has 0 radical (unpaired) electrons. The van der Waals surface area contributed by atoms with Crippen molar-refractivity contribution in [3.63, 3.8) is 0 Å². The molecule has 0 bridgehead atoms. The Morgan fingerprint density at radius 3 is 1.89 bits per heavy atom. The number of rotatable bonds is 0. The molecule has 0 fully saturated rings. The Kier molecular flexibility index (Phi) is 3.96. The van der Waals surface area contributed by atoms with Crippen molar-refractivity contribution in [1.29, 1.82) is 0 Å². The third-order valence-electron chi connectivity index (χ3n) is 1.01. The van der Waals surface area contributed by atoms with E-state index >= 15 is 0 Å². The quantitative estimate of drug-likeness (QED) is 0.413. The van der Waals surface area contributed by atoms with E-state index in [1.807, 2.05) is 12.1 Å². The molecule has 0 spiro atoms. The molecule has 2 heteroatoms. The first-order chi connectivity index (χ1) is 3.79. The van der Waals surface area contributed by atoms with Crippen LogP contribution in [0.1, 0.15) is 5.56 Å². The normalized spacial score (nSPS) is 8.11. The first-order valence-corrected chi connectivity index (χ1v) is 3.10. The molecule has 0 amide bonds. The van der Waals surface area contributed by atoms with Gasteiger partial charge in [-0.15, -0.1) is 0 Å². The van der Waals surface area contributed by atoms with E-state index in [0.29, 0.717) is 0 Å². The molecule has 0 unspecified atom stereocenters. The average molecular weight is 182 g/mol. The molecule has 0 aliphatic heterocycles. The van der Waals surface area contributed by atoms with E-state index in [4.69, 9.17) is 0 Å². The van der Waals surface area contributed by atoms with Gasteiger partial charge in [-0.1, -0.05) is 0 Å². The summed E-state index contributed by atoms with van der Waals surface area (Å²) in [6, 6.07) is 8.22. The van der Waals surface area contributed by atoms with Crippen LogP contribution in [0.2, 0.25) is 0 Å². The maximum atomic E-state index is 3.35. The van der Waals surface area contributed by atoms with Gasteiger partial charge in [-0.25, -0.2) is 0 Å². The van der Waals surface area contributed by atoms with E-state index in [1.54, 1.807) is 0 Å². The van der Waals surface area contributed by atoms with Gasteiger partial charge in [0.1, 0.15) is 0 Å². The Balaban J connectivity index is 0.000000640. The summed E-state index contributed by atoms with van der Waals surface area (Å²) < 4.78 is 1.14. The van der Waals surface area contributed by atoms with Gasteiger partial charge in [-0.3, -0.25) is 0 Å². The molecule has 9 heavy (non-hydrogen) atoms. The molecule has 0 nitrogen and oxygen atoms in total. The molecule has 0 atom stereocenters. The van der Waals surface area contributed by atoms with Gasteiger partial charge in [0.2, 0.25) is 0 Å². The molecule has 1 aromatic carbocycles. The minimum atomic E-state index is 0. The summed E-state index contributed by atoms with van der Waals surface area (Å²) >= 11 is 3.35. The molecule has 0 N–H and O–H groups in total. The van der Waals surface area contributed by atoms with Gasteiger partial charge < -0.3 is 12.4 Å². The Bertz CT molecular complexity index is 148. The number of benzene rings is 1. The molecule has 0 aliphatic carbocycles. The summed E-state index contributed by atoms with van der Waals surface area (Å²) in [5.41, 5.74) is 1.30. The Hall–Kier alpha value is 0.0295. The van der Waals surface area contributed by atoms with Gasteiger partial charge in [0.25, 0.3) is 0 Å². The monoisotopic (exact) mass is 181 g/mol. The fraction of sp³-hybridized carbons (Fsp3) is 0.143. The van der Waals surface area contributed by atoms with Crippen molar-refractivity contribution in [2.24, 2.45) is 0 Å². The second kappa shape index (κ2) is 3.94. The van der Waals surface area contributed by atoms with Crippen LogP contribution in [0.4, 0.5) is 0 Å². The van der Waals surface area contributed by atoms with Crippen LogP contribution >= 0.6 is 0 Å². The average Bonchev–Trinajstić information content (AvgIpc) is 1.77. The largest absolute Gasteiger partial charge is 1.00 e. The van der Waals surface area contributed by atoms with Crippen molar-refractivity contribution in [2.45, 2.75) is 6.92 Å². The van der Waals surface area contributed by atoms with Crippen LogP contribution in [0.3, 0.4) is 0 Å². The second-order valence-corrected chi connectivity index (χ2v) is 2.48. The fourth-order valence-corrected chi connectivity index (χ4v) is 0.730. The zero-order chi connectivity index (χ0) is 5.98. The Morgan fingerprint density at radius 2 is 1.56 bits per heavy atom. The third-order valence-corrected chi connectivity index (χ3v) is 1.40. The predicted octanol–water partition coefficient (Wildman–Crippen LogP) is -1.83. The SMILES string of the molecule is Cc1cc[c]([Mn+])cc1.[Cl-]. The van der Waals surface area contributed by atoms with Crippen LogP contribution in [0, 0.1) is 6.92 Å². The summed E-state index contributed by atoms with van der Waals surface area (Å²) in [7, 11) is 0. The molecule has 0 saturated carbocycles. The van der Waals surface area contributed by atoms with Crippen LogP contribution in [0.25, 0.3) is 0 Å². The summed E-state index contributed by atoms with van der Waals surface area (Å²) in [6.45, 7) is 2.08. The zero-order valence-electron chi connectivity index (χ0n) is 5.07. The van der Waals surface area contributed by atoms with Gasteiger partial charge in [-0.2, -0.15) is 0 Å². The maximum Gasteiger partial charge on any atom is -1.00 e. The first-order valence-electron chi connectivity index (χ1n) is 2.51. The zero-order valence-corrected chi connectivity index (χ0v) is 7.00. The number of hydrogen-bond acceptors (Lipinski definition) is 0. The van der Waals surface area contributed by atoms with Crippen molar-refractivity contribution < 1.29 is 28.4 Å². The minimum absolute atomic E-state index is 0. The first kappa shape index (κ1) is 9.03. The molecule has 0 aromatic heterocycles. The van der Waals surface area contributed by atoms with E-state index in [0.717, 1.165) is 4.46 Å². The van der Waals surface area contributed by atoms with Gasteiger partial charge in [0.05, 0.1) is 0 Å². The summed E-state index contributed by atoms with van der Waals surface area (Å²) in [5.74, 6) is 0. The van der Waals surface area contributed by atoms with Crippen molar-refractivity contribution in [2.75, 3.05) is 0 Å². The molecule has 1 rings (SSSR count). The van der Waals surface area contributed by atoms with Gasteiger partial charge in [-0.05, 0) is 0 Å². The second-order valence-electron chi connectivity index (χ2n) is 1.80. The summed E-state index contributed by atoms with van der Waals surface area (Å²) in [4.78, 5) is 0. The minimum Gasteiger partial charge on any atom is -1.00 e. The summed E-state index contributed by atoms with van der Waals surface area (Å²) in [6.07, 6.45) is 0. The van der Waals surface area contributed by atoms with E-state index in [2.05, 4.69) is 35.1 Å². The van der Waals surface area contributed by atoms with Crippen molar-refractivity contribution in [3.8, 4) is 0 Å². The molecule has 0 saturated heterocycles. The fourth-order valence-electron chi connectivity index (χ4n) is 0.533. The molecule has 0 aliphatic rings. The van der Waals surface area contributed by atoms with Crippen LogP contribution in [0.15, 0.2) is 24.3 Å². The van der Waals surface area contributed by atoms with E-state index in [9.17, 15) is 0 Å². The standard InChI is InChI=1S/C7H7.ClH.Mn/c1-7-5-3-2-4-6-7;;/h3-6H,1H3;1H;/q;;+1/p-1. The smallest absolute Gasteiger partial charge is 1.00 e. The van der Waals surface area contributed by atoms with Crippen LogP contribution < -0.4 is 16.9 Å². The molecule has 1 aromatic rings. The van der Waals surface area contributed by atoms with Crippen molar-refractivity contribution >= 4 is 4.46 Å². The van der Waals surface area contributed by atoms with Crippen LogP contribution in [-0.4, -0.2) is 0 Å². The van der Waals surface area contributed by atoms with E-state index in [-0.39, 0.29) is 12.4 Å². The predicted molar refractivity (Wildman–Crippen MR) is 30.8 cm³/mol. The molecule has 49 valence electrons. The van der Waals surface area contributed by atoms with E-state index in [1.165, 1.54) is 5.56 Å². The molecular weight excluding hydrogens is 174 g/mol. The Labute approximate surface area is 69.9 Å². The maximum absolute atomic E-state index is 3.35. The van der Waals surface area contributed by atoms with Gasteiger partial charge >= 0.3 is 57.2 Å². The topological polar surface area (TPSA) is 0 Å². The van der Waals surface area contributed by atoms with Gasteiger partial charge in [0.15, 0.2) is 0 Å². The van der Waals surface area contributed by atoms with Crippen molar-refractivity contribution in [1.82, 2.24) is 0 Å². The molecule has 0 heterocycles. The third kappa shape index (κ3) is 2.90. The number of hydrogen-bond donors (Lipinski definition) is 0.